The van der Waals surface area contributed by atoms with Gasteiger partial charge in [0.05, 0.1) is 0 Å². The zero-order valence-electron chi connectivity index (χ0n) is 7.77. The topological polar surface area (TPSA) is 63.6 Å². The summed E-state index contributed by atoms with van der Waals surface area (Å²) in [6, 6.07) is 0. The van der Waals surface area contributed by atoms with Crippen LogP contribution in [0.15, 0.2) is 12.3 Å². The SMILES string of the molecule is CCCCCC/C=C/OS(=O)(=O)O. The third-order valence-electron chi connectivity index (χ3n) is 1.50. The van der Waals surface area contributed by atoms with Gasteiger partial charge in [0.2, 0.25) is 0 Å². The summed E-state index contributed by atoms with van der Waals surface area (Å²) in [5.74, 6) is 0. The summed E-state index contributed by atoms with van der Waals surface area (Å²) in [5.41, 5.74) is 0. The summed E-state index contributed by atoms with van der Waals surface area (Å²) in [5, 5.41) is 0. The van der Waals surface area contributed by atoms with E-state index in [-0.39, 0.29) is 0 Å². The Labute approximate surface area is 79.6 Å². The molecule has 0 heterocycles. The summed E-state index contributed by atoms with van der Waals surface area (Å²) in [6.07, 6.45) is 7.87. The van der Waals surface area contributed by atoms with Crippen LogP contribution < -0.4 is 0 Å². The molecule has 0 aliphatic rings. The molecule has 0 fully saturated rings. The molecule has 0 atom stereocenters. The highest BCUT2D eigenvalue weighted by Gasteiger charge is 1.98. The van der Waals surface area contributed by atoms with Crippen LogP contribution in [0.3, 0.4) is 0 Å². The van der Waals surface area contributed by atoms with E-state index in [2.05, 4.69) is 11.1 Å². The largest absolute Gasteiger partial charge is 0.445 e. The van der Waals surface area contributed by atoms with Crippen LogP contribution in [0.1, 0.15) is 39.0 Å². The zero-order valence-corrected chi connectivity index (χ0v) is 8.59. The minimum absolute atomic E-state index is 0.773. The molecular weight excluding hydrogens is 192 g/mol. The molecule has 0 aliphatic carbocycles. The molecule has 0 aromatic heterocycles. The third-order valence-corrected chi connectivity index (χ3v) is 1.85. The predicted molar refractivity (Wildman–Crippen MR) is 50.5 cm³/mol. The summed E-state index contributed by atoms with van der Waals surface area (Å²) in [4.78, 5) is 0. The Balaban J connectivity index is 3.33. The number of unbranched alkanes of at least 4 members (excludes halogenated alkanes) is 4. The normalized spacial score (nSPS) is 12.2. The molecule has 0 radical (unpaired) electrons. The highest BCUT2D eigenvalue weighted by Crippen LogP contribution is 2.03. The molecule has 0 saturated carbocycles. The van der Waals surface area contributed by atoms with Gasteiger partial charge >= 0.3 is 10.4 Å². The van der Waals surface area contributed by atoms with E-state index in [1.165, 1.54) is 12.8 Å². The van der Waals surface area contributed by atoms with Gasteiger partial charge in [-0.05, 0) is 18.9 Å². The summed E-state index contributed by atoms with van der Waals surface area (Å²) in [6.45, 7) is 2.12. The van der Waals surface area contributed by atoms with Crippen molar-refractivity contribution in [1.29, 1.82) is 0 Å². The van der Waals surface area contributed by atoms with Crippen molar-refractivity contribution in [3.63, 3.8) is 0 Å². The van der Waals surface area contributed by atoms with Gasteiger partial charge < -0.3 is 4.18 Å². The van der Waals surface area contributed by atoms with Gasteiger partial charge in [0.1, 0.15) is 6.26 Å². The maximum atomic E-state index is 10.0. The molecule has 0 amide bonds. The van der Waals surface area contributed by atoms with Crippen LogP contribution in [0.2, 0.25) is 0 Å². The molecule has 13 heavy (non-hydrogen) atoms. The van der Waals surface area contributed by atoms with Crippen LogP contribution >= 0.6 is 0 Å². The van der Waals surface area contributed by atoms with Gasteiger partial charge in [-0.3, -0.25) is 4.55 Å². The molecule has 0 saturated heterocycles. The van der Waals surface area contributed by atoms with Gasteiger partial charge in [-0.15, -0.1) is 0 Å². The van der Waals surface area contributed by atoms with Crippen molar-refractivity contribution in [3.8, 4) is 0 Å². The van der Waals surface area contributed by atoms with Crippen molar-refractivity contribution in [2.24, 2.45) is 0 Å². The second-order valence-corrected chi connectivity index (χ2v) is 3.79. The molecule has 0 spiro atoms. The molecule has 78 valence electrons. The Bertz CT molecular complexity index is 231. The lowest BCUT2D eigenvalue weighted by molar-refractivity contribution is 0.355. The highest BCUT2D eigenvalue weighted by molar-refractivity contribution is 7.81. The van der Waals surface area contributed by atoms with E-state index in [0.29, 0.717) is 0 Å². The van der Waals surface area contributed by atoms with Gasteiger partial charge in [0.25, 0.3) is 0 Å². The van der Waals surface area contributed by atoms with E-state index >= 15 is 0 Å². The molecule has 0 aliphatic heterocycles. The first-order valence-electron chi connectivity index (χ1n) is 4.37. The molecule has 0 aromatic carbocycles. The Hall–Kier alpha value is -0.550. The quantitative estimate of drug-likeness (QED) is 0.396. The molecule has 0 bridgehead atoms. The fourth-order valence-electron chi connectivity index (χ4n) is 0.866. The lowest BCUT2D eigenvalue weighted by atomic mass is 10.2. The smallest absolute Gasteiger partial charge is 0.370 e. The van der Waals surface area contributed by atoms with E-state index in [4.69, 9.17) is 4.55 Å². The van der Waals surface area contributed by atoms with Gasteiger partial charge in [-0.2, -0.15) is 8.42 Å². The standard InChI is InChI=1S/C8H16O4S/c1-2-3-4-5-6-7-8-12-13(9,10)11/h7-8H,2-6H2,1H3,(H,9,10,11)/b8-7+. The van der Waals surface area contributed by atoms with Gasteiger partial charge in [0, 0.05) is 0 Å². The van der Waals surface area contributed by atoms with Crippen LogP contribution in [-0.2, 0) is 14.6 Å². The van der Waals surface area contributed by atoms with Gasteiger partial charge in [0.15, 0.2) is 0 Å². The fraction of sp³-hybridized carbons (Fsp3) is 0.750. The monoisotopic (exact) mass is 208 g/mol. The van der Waals surface area contributed by atoms with Crippen molar-refractivity contribution < 1.29 is 17.2 Å². The second-order valence-electron chi connectivity index (χ2n) is 2.75. The first-order chi connectivity index (χ1) is 6.06. The number of hydrogen-bond donors (Lipinski definition) is 1. The van der Waals surface area contributed by atoms with E-state index < -0.39 is 10.4 Å². The van der Waals surface area contributed by atoms with E-state index in [0.717, 1.165) is 25.5 Å². The fourth-order valence-corrected chi connectivity index (χ4v) is 1.09. The maximum Gasteiger partial charge on any atom is 0.445 e. The highest BCUT2D eigenvalue weighted by atomic mass is 32.3. The summed E-state index contributed by atoms with van der Waals surface area (Å²) < 4.78 is 32.2. The van der Waals surface area contributed by atoms with Crippen LogP contribution in [0.4, 0.5) is 0 Å². The van der Waals surface area contributed by atoms with Crippen molar-refractivity contribution >= 4 is 10.4 Å². The summed E-state index contributed by atoms with van der Waals surface area (Å²) >= 11 is 0. The van der Waals surface area contributed by atoms with E-state index in [1.54, 1.807) is 6.08 Å². The van der Waals surface area contributed by atoms with Gasteiger partial charge in [-0.25, -0.2) is 0 Å². The third kappa shape index (κ3) is 11.5. The molecule has 0 aromatic rings. The van der Waals surface area contributed by atoms with Crippen LogP contribution in [0.5, 0.6) is 0 Å². The molecule has 0 unspecified atom stereocenters. The average molecular weight is 208 g/mol. The van der Waals surface area contributed by atoms with Crippen molar-refractivity contribution in [2.45, 2.75) is 39.0 Å². The summed E-state index contributed by atoms with van der Waals surface area (Å²) in [7, 11) is -4.31. The van der Waals surface area contributed by atoms with Crippen molar-refractivity contribution in [1.82, 2.24) is 0 Å². The Kier molecular flexibility index (Phi) is 6.62. The molecule has 4 nitrogen and oxygen atoms in total. The Morgan fingerprint density at radius 2 is 2.00 bits per heavy atom. The number of allylic oxidation sites excluding steroid dienone is 1. The van der Waals surface area contributed by atoms with Crippen LogP contribution in [0, 0.1) is 0 Å². The first-order valence-corrected chi connectivity index (χ1v) is 5.73. The minimum atomic E-state index is -4.31. The molecule has 0 rings (SSSR count). The lowest BCUT2D eigenvalue weighted by Crippen LogP contribution is -1.96. The number of hydrogen-bond acceptors (Lipinski definition) is 3. The lowest BCUT2D eigenvalue weighted by Gasteiger charge is -1.94. The molecular formula is C8H16O4S. The molecule has 5 heteroatoms. The number of rotatable bonds is 7. The van der Waals surface area contributed by atoms with E-state index in [1.807, 2.05) is 0 Å². The van der Waals surface area contributed by atoms with Crippen LogP contribution in [-0.4, -0.2) is 13.0 Å². The second kappa shape index (κ2) is 6.91. The Morgan fingerprint density at radius 1 is 1.31 bits per heavy atom. The maximum absolute atomic E-state index is 10.0. The van der Waals surface area contributed by atoms with Crippen LogP contribution in [0.25, 0.3) is 0 Å². The first kappa shape index (κ1) is 12.4. The zero-order chi connectivity index (χ0) is 10.2. The molecule has 1 N–H and O–H groups in total. The van der Waals surface area contributed by atoms with Crippen molar-refractivity contribution in [2.75, 3.05) is 0 Å². The predicted octanol–water partition coefficient (Wildman–Crippen LogP) is 2.29. The Morgan fingerprint density at radius 3 is 2.54 bits per heavy atom. The van der Waals surface area contributed by atoms with E-state index in [9.17, 15) is 8.42 Å². The van der Waals surface area contributed by atoms with Gasteiger partial charge in [-0.1, -0.05) is 26.2 Å². The average Bonchev–Trinajstić information content (AvgIpc) is 2.01. The van der Waals surface area contributed by atoms with Crippen molar-refractivity contribution in [3.05, 3.63) is 12.3 Å². The minimum Gasteiger partial charge on any atom is -0.370 e.